The first-order chi connectivity index (χ1) is 10.5. The second kappa shape index (κ2) is 6.67. The molecule has 7 nitrogen and oxygen atoms in total. The highest BCUT2D eigenvalue weighted by atomic mass is 32.2. The van der Waals surface area contributed by atoms with E-state index in [1.165, 1.54) is 26.4 Å². The lowest BCUT2D eigenvalue weighted by molar-refractivity contribution is 0.256. The van der Waals surface area contributed by atoms with Crippen LogP contribution in [0.1, 0.15) is 0 Å². The zero-order valence-corrected chi connectivity index (χ0v) is 13.5. The van der Waals surface area contributed by atoms with E-state index in [0.717, 1.165) is 11.3 Å². The molecule has 1 aromatic carbocycles. The molecule has 2 amide bonds. The molecule has 0 spiro atoms. The number of nitrogens with one attached hydrogen (secondary N) is 2. The SMILES string of the molecule is COc1ccc(NC(=O)NS(=O)(=O)c2cccs2)cc1OC. The standard InChI is InChI=1S/C13H14N2O5S2/c1-19-10-6-5-9(8-11(10)20-2)14-13(16)15-22(17,18)12-4-3-7-21-12/h3-8H,1-2H3,(H2,14,15,16). The molecule has 0 radical (unpaired) electrons. The van der Waals surface area contributed by atoms with Gasteiger partial charge < -0.3 is 14.8 Å². The van der Waals surface area contributed by atoms with Gasteiger partial charge in [-0.25, -0.2) is 17.9 Å². The van der Waals surface area contributed by atoms with Crippen LogP contribution in [0.5, 0.6) is 11.5 Å². The maximum atomic E-state index is 11.9. The van der Waals surface area contributed by atoms with Crippen LogP contribution in [0.4, 0.5) is 10.5 Å². The Morgan fingerprint density at radius 2 is 1.86 bits per heavy atom. The van der Waals surface area contributed by atoms with Crippen LogP contribution < -0.4 is 19.5 Å². The fourth-order valence-electron chi connectivity index (χ4n) is 1.66. The maximum absolute atomic E-state index is 11.9. The zero-order chi connectivity index (χ0) is 16.2. The number of rotatable bonds is 5. The molecule has 9 heteroatoms. The van der Waals surface area contributed by atoms with Gasteiger partial charge in [0, 0.05) is 11.8 Å². The summed E-state index contributed by atoms with van der Waals surface area (Å²) in [5, 5.41) is 4.04. The third-order valence-electron chi connectivity index (χ3n) is 2.63. The minimum Gasteiger partial charge on any atom is -0.493 e. The number of urea groups is 1. The average Bonchev–Trinajstić information content (AvgIpc) is 3.01. The van der Waals surface area contributed by atoms with E-state index in [-0.39, 0.29) is 4.21 Å². The first-order valence-electron chi connectivity index (χ1n) is 6.05. The second-order valence-electron chi connectivity index (χ2n) is 4.06. The van der Waals surface area contributed by atoms with Gasteiger partial charge in [-0.3, -0.25) is 0 Å². The van der Waals surface area contributed by atoms with E-state index in [4.69, 9.17) is 9.47 Å². The Morgan fingerprint density at radius 1 is 1.14 bits per heavy atom. The number of amides is 2. The third kappa shape index (κ3) is 3.68. The van der Waals surface area contributed by atoms with Crippen molar-refractivity contribution in [3.05, 3.63) is 35.7 Å². The predicted octanol–water partition coefficient (Wildman–Crippen LogP) is 2.28. The van der Waals surface area contributed by atoms with Crippen molar-refractivity contribution in [3.8, 4) is 11.5 Å². The molecule has 0 saturated carbocycles. The van der Waals surface area contributed by atoms with E-state index in [0.29, 0.717) is 17.2 Å². The molecule has 1 heterocycles. The van der Waals surface area contributed by atoms with Crippen molar-refractivity contribution in [2.24, 2.45) is 0 Å². The summed E-state index contributed by atoms with van der Waals surface area (Å²) in [6, 6.07) is 6.83. The van der Waals surface area contributed by atoms with Crippen molar-refractivity contribution in [3.63, 3.8) is 0 Å². The van der Waals surface area contributed by atoms with Gasteiger partial charge in [-0.15, -0.1) is 11.3 Å². The van der Waals surface area contributed by atoms with Gasteiger partial charge >= 0.3 is 6.03 Å². The Kier molecular flexibility index (Phi) is 4.88. The normalized spacial score (nSPS) is 10.8. The van der Waals surface area contributed by atoms with E-state index in [2.05, 4.69) is 5.32 Å². The molecule has 2 aromatic rings. The van der Waals surface area contributed by atoms with Crippen LogP contribution >= 0.6 is 11.3 Å². The smallest absolute Gasteiger partial charge is 0.333 e. The van der Waals surface area contributed by atoms with Gasteiger partial charge in [0.25, 0.3) is 10.0 Å². The lowest BCUT2D eigenvalue weighted by Gasteiger charge is -2.11. The van der Waals surface area contributed by atoms with Crippen molar-refractivity contribution in [2.75, 3.05) is 19.5 Å². The van der Waals surface area contributed by atoms with Crippen molar-refractivity contribution in [2.45, 2.75) is 4.21 Å². The van der Waals surface area contributed by atoms with E-state index in [1.807, 2.05) is 4.72 Å². The molecule has 0 bridgehead atoms. The number of carbonyl (C=O) groups excluding carboxylic acids is 1. The Labute approximate surface area is 131 Å². The fourth-order valence-corrected chi connectivity index (χ4v) is 3.56. The van der Waals surface area contributed by atoms with Gasteiger partial charge in [0.2, 0.25) is 0 Å². The third-order valence-corrected chi connectivity index (χ3v) is 5.36. The molecule has 2 N–H and O–H groups in total. The highest BCUT2D eigenvalue weighted by Crippen LogP contribution is 2.29. The van der Waals surface area contributed by atoms with Crippen molar-refractivity contribution >= 4 is 33.1 Å². The fraction of sp³-hybridized carbons (Fsp3) is 0.154. The van der Waals surface area contributed by atoms with Crippen LogP contribution in [-0.4, -0.2) is 28.7 Å². The van der Waals surface area contributed by atoms with Crippen LogP contribution in [0.15, 0.2) is 39.9 Å². The highest BCUT2D eigenvalue weighted by Gasteiger charge is 2.18. The van der Waals surface area contributed by atoms with E-state index in [1.54, 1.807) is 23.6 Å². The van der Waals surface area contributed by atoms with E-state index >= 15 is 0 Å². The summed E-state index contributed by atoms with van der Waals surface area (Å²) >= 11 is 1.02. The monoisotopic (exact) mass is 342 g/mol. The summed E-state index contributed by atoms with van der Waals surface area (Å²) in [6.45, 7) is 0. The minimum absolute atomic E-state index is 0.0648. The molecule has 0 aliphatic carbocycles. The number of anilines is 1. The summed E-state index contributed by atoms with van der Waals surface area (Å²) in [7, 11) is -0.912. The van der Waals surface area contributed by atoms with E-state index in [9.17, 15) is 13.2 Å². The molecule has 0 fully saturated rings. The average molecular weight is 342 g/mol. The van der Waals surface area contributed by atoms with Gasteiger partial charge in [-0.2, -0.15) is 0 Å². The van der Waals surface area contributed by atoms with Gasteiger partial charge in [0.05, 0.1) is 14.2 Å². The Bertz CT molecular complexity index is 757. The molecular formula is C13H14N2O5S2. The molecule has 1 aromatic heterocycles. The first kappa shape index (κ1) is 16.1. The Balaban J connectivity index is 2.09. The molecule has 0 saturated heterocycles. The second-order valence-corrected chi connectivity index (χ2v) is 6.92. The Morgan fingerprint density at radius 3 is 2.45 bits per heavy atom. The van der Waals surface area contributed by atoms with Crippen LogP contribution in [0, 0.1) is 0 Å². The molecule has 118 valence electrons. The lowest BCUT2D eigenvalue weighted by Crippen LogP contribution is -2.33. The van der Waals surface area contributed by atoms with Gasteiger partial charge in [0.1, 0.15) is 4.21 Å². The first-order valence-corrected chi connectivity index (χ1v) is 8.42. The number of hydrogen-bond acceptors (Lipinski definition) is 6. The highest BCUT2D eigenvalue weighted by molar-refractivity contribution is 7.92. The largest absolute Gasteiger partial charge is 0.493 e. The van der Waals surface area contributed by atoms with Crippen LogP contribution in [0.2, 0.25) is 0 Å². The van der Waals surface area contributed by atoms with Crippen LogP contribution in [0.3, 0.4) is 0 Å². The molecule has 0 aliphatic rings. The number of hydrogen-bond donors (Lipinski definition) is 2. The molecule has 0 unspecified atom stereocenters. The zero-order valence-electron chi connectivity index (χ0n) is 11.8. The molecule has 0 atom stereocenters. The van der Waals surface area contributed by atoms with Crippen molar-refractivity contribution < 1.29 is 22.7 Å². The molecule has 0 aliphatic heterocycles. The lowest BCUT2D eigenvalue weighted by atomic mass is 10.3. The summed E-state index contributed by atoms with van der Waals surface area (Å²) in [6.07, 6.45) is 0. The minimum atomic E-state index is -3.86. The molecular weight excluding hydrogens is 328 g/mol. The number of sulfonamides is 1. The van der Waals surface area contributed by atoms with Crippen molar-refractivity contribution in [1.82, 2.24) is 4.72 Å². The predicted molar refractivity (Wildman–Crippen MR) is 83.2 cm³/mol. The Hall–Kier alpha value is -2.26. The van der Waals surface area contributed by atoms with Gasteiger partial charge in [-0.1, -0.05) is 6.07 Å². The summed E-state index contributed by atoms with van der Waals surface area (Å²) in [5.41, 5.74) is 0.372. The molecule has 22 heavy (non-hydrogen) atoms. The summed E-state index contributed by atoms with van der Waals surface area (Å²) < 4.78 is 36.0. The topological polar surface area (TPSA) is 93.7 Å². The quantitative estimate of drug-likeness (QED) is 0.869. The van der Waals surface area contributed by atoms with Crippen LogP contribution in [-0.2, 0) is 10.0 Å². The number of carbonyl (C=O) groups is 1. The summed E-state index contributed by atoms with van der Waals surface area (Å²) in [4.78, 5) is 11.8. The van der Waals surface area contributed by atoms with Gasteiger partial charge in [0.15, 0.2) is 11.5 Å². The number of thiophene rings is 1. The van der Waals surface area contributed by atoms with Gasteiger partial charge in [-0.05, 0) is 23.6 Å². The molecule has 2 rings (SSSR count). The maximum Gasteiger partial charge on any atom is 0.333 e. The number of benzene rings is 1. The van der Waals surface area contributed by atoms with E-state index < -0.39 is 16.1 Å². The van der Waals surface area contributed by atoms with Crippen molar-refractivity contribution in [1.29, 1.82) is 0 Å². The number of methoxy groups -OCH3 is 2. The number of ether oxygens (including phenoxy) is 2. The van der Waals surface area contributed by atoms with Crippen LogP contribution in [0.25, 0.3) is 0 Å². The summed E-state index contributed by atoms with van der Waals surface area (Å²) in [5.74, 6) is 0.918.